The van der Waals surface area contributed by atoms with Crippen LogP contribution in [-0.2, 0) is 16.5 Å². The van der Waals surface area contributed by atoms with E-state index in [4.69, 9.17) is 8.92 Å². The van der Waals surface area contributed by atoms with Gasteiger partial charge in [-0.05, 0) is 29.8 Å². The Balaban J connectivity index is 1.71. The molecule has 0 aliphatic rings. The first kappa shape index (κ1) is 17.0. The highest BCUT2D eigenvalue weighted by Gasteiger charge is 2.18. The molecule has 0 spiro atoms. The van der Waals surface area contributed by atoms with Gasteiger partial charge in [-0.3, -0.25) is 0 Å². The Morgan fingerprint density at radius 2 is 1.24 bits per heavy atom. The van der Waals surface area contributed by atoms with Crippen molar-refractivity contribution in [3.05, 3.63) is 90.5 Å². The lowest BCUT2D eigenvalue weighted by atomic mass is 10.2. The Hall–Kier alpha value is -2.79. The first-order valence-electron chi connectivity index (χ1n) is 7.90. The molecule has 0 N–H and O–H groups in total. The number of hydrogen-bond donors (Lipinski definition) is 0. The second-order valence-corrected chi connectivity index (χ2v) is 6.93. The van der Waals surface area contributed by atoms with Crippen LogP contribution in [0.3, 0.4) is 0 Å². The van der Waals surface area contributed by atoms with Gasteiger partial charge >= 0.3 is 10.1 Å². The molecule has 0 saturated heterocycles. The summed E-state index contributed by atoms with van der Waals surface area (Å²) in [6, 6.07) is 24.7. The molecule has 0 amide bonds. The highest BCUT2D eigenvalue weighted by Crippen LogP contribution is 2.29. The SMILES string of the molecule is O=S(=O)(Oc1ccccc1OCCc1ccccc1)c1ccccc1. The minimum absolute atomic E-state index is 0.106. The normalized spacial score (nSPS) is 11.0. The Morgan fingerprint density at radius 1 is 0.680 bits per heavy atom. The van der Waals surface area contributed by atoms with Crippen LogP contribution in [0.15, 0.2) is 89.8 Å². The van der Waals surface area contributed by atoms with Crippen molar-refractivity contribution in [2.45, 2.75) is 11.3 Å². The summed E-state index contributed by atoms with van der Waals surface area (Å²) in [5.74, 6) is 0.581. The van der Waals surface area contributed by atoms with Gasteiger partial charge in [-0.15, -0.1) is 0 Å². The summed E-state index contributed by atoms with van der Waals surface area (Å²) in [6.07, 6.45) is 0.723. The molecule has 0 fully saturated rings. The molecule has 25 heavy (non-hydrogen) atoms. The van der Waals surface area contributed by atoms with E-state index in [0.717, 1.165) is 12.0 Å². The molecule has 0 aliphatic heterocycles. The van der Waals surface area contributed by atoms with Crippen molar-refractivity contribution in [1.82, 2.24) is 0 Å². The van der Waals surface area contributed by atoms with Gasteiger partial charge in [0.15, 0.2) is 11.5 Å². The molecule has 4 nitrogen and oxygen atoms in total. The highest BCUT2D eigenvalue weighted by molar-refractivity contribution is 7.87. The molecule has 0 saturated carbocycles. The van der Waals surface area contributed by atoms with Gasteiger partial charge in [-0.25, -0.2) is 0 Å². The van der Waals surface area contributed by atoms with Gasteiger partial charge < -0.3 is 8.92 Å². The number of hydrogen-bond acceptors (Lipinski definition) is 4. The van der Waals surface area contributed by atoms with Gasteiger partial charge in [-0.2, -0.15) is 8.42 Å². The summed E-state index contributed by atoms with van der Waals surface area (Å²) >= 11 is 0. The van der Waals surface area contributed by atoms with Crippen LogP contribution in [0.1, 0.15) is 5.56 Å². The van der Waals surface area contributed by atoms with Crippen LogP contribution in [0, 0.1) is 0 Å². The fourth-order valence-corrected chi connectivity index (χ4v) is 3.28. The minimum Gasteiger partial charge on any atom is -0.489 e. The van der Waals surface area contributed by atoms with Crippen LogP contribution in [0.4, 0.5) is 0 Å². The van der Waals surface area contributed by atoms with Crippen LogP contribution in [-0.4, -0.2) is 15.0 Å². The zero-order valence-electron chi connectivity index (χ0n) is 13.5. The lowest BCUT2D eigenvalue weighted by Gasteiger charge is -2.12. The van der Waals surface area contributed by atoms with E-state index in [0.29, 0.717) is 12.4 Å². The van der Waals surface area contributed by atoms with E-state index in [1.165, 1.54) is 12.1 Å². The van der Waals surface area contributed by atoms with E-state index in [-0.39, 0.29) is 10.6 Å². The van der Waals surface area contributed by atoms with E-state index in [1.807, 2.05) is 30.3 Å². The van der Waals surface area contributed by atoms with E-state index >= 15 is 0 Å². The number of rotatable bonds is 7. The molecular weight excluding hydrogens is 336 g/mol. The molecule has 0 radical (unpaired) electrons. The summed E-state index contributed by atoms with van der Waals surface area (Å²) < 4.78 is 35.7. The summed E-state index contributed by atoms with van der Waals surface area (Å²) in [5.41, 5.74) is 1.15. The van der Waals surface area contributed by atoms with Crippen LogP contribution in [0.5, 0.6) is 11.5 Å². The summed E-state index contributed by atoms with van der Waals surface area (Å²) in [7, 11) is -3.89. The monoisotopic (exact) mass is 354 g/mol. The first-order valence-corrected chi connectivity index (χ1v) is 9.31. The molecular formula is C20H18O4S. The summed E-state index contributed by atoms with van der Waals surface area (Å²) in [4.78, 5) is 0.106. The summed E-state index contributed by atoms with van der Waals surface area (Å²) in [5, 5.41) is 0. The third kappa shape index (κ3) is 4.61. The van der Waals surface area contributed by atoms with E-state index in [1.54, 1.807) is 42.5 Å². The lowest BCUT2D eigenvalue weighted by molar-refractivity contribution is 0.311. The molecule has 0 bridgehead atoms. The molecule has 128 valence electrons. The van der Waals surface area contributed by atoms with Crippen molar-refractivity contribution in [2.24, 2.45) is 0 Å². The van der Waals surface area contributed by atoms with Crippen LogP contribution >= 0.6 is 0 Å². The van der Waals surface area contributed by atoms with E-state index in [2.05, 4.69) is 0 Å². The summed E-state index contributed by atoms with van der Waals surface area (Å²) in [6.45, 7) is 0.426. The van der Waals surface area contributed by atoms with Crippen molar-refractivity contribution in [3.63, 3.8) is 0 Å². The molecule has 0 unspecified atom stereocenters. The fourth-order valence-electron chi connectivity index (χ4n) is 2.32. The van der Waals surface area contributed by atoms with Crippen molar-refractivity contribution in [1.29, 1.82) is 0 Å². The smallest absolute Gasteiger partial charge is 0.339 e. The first-order chi connectivity index (χ1) is 12.1. The minimum atomic E-state index is -3.89. The largest absolute Gasteiger partial charge is 0.489 e. The Morgan fingerprint density at radius 3 is 1.92 bits per heavy atom. The van der Waals surface area contributed by atoms with Gasteiger partial charge in [0, 0.05) is 6.42 Å². The molecule has 3 aromatic carbocycles. The van der Waals surface area contributed by atoms with Gasteiger partial charge in [0.2, 0.25) is 0 Å². The zero-order chi connectivity index (χ0) is 17.5. The topological polar surface area (TPSA) is 52.6 Å². The van der Waals surface area contributed by atoms with Gasteiger partial charge in [0.1, 0.15) is 4.90 Å². The average Bonchev–Trinajstić information content (AvgIpc) is 2.64. The molecule has 3 rings (SSSR count). The predicted molar refractivity (Wildman–Crippen MR) is 96.3 cm³/mol. The average molecular weight is 354 g/mol. The van der Waals surface area contributed by atoms with E-state index in [9.17, 15) is 8.42 Å². The van der Waals surface area contributed by atoms with Crippen LogP contribution < -0.4 is 8.92 Å². The second-order valence-electron chi connectivity index (χ2n) is 5.38. The van der Waals surface area contributed by atoms with Crippen molar-refractivity contribution < 1.29 is 17.3 Å². The van der Waals surface area contributed by atoms with Crippen molar-refractivity contribution in [2.75, 3.05) is 6.61 Å². The number of benzene rings is 3. The third-order valence-corrected chi connectivity index (χ3v) is 4.82. The van der Waals surface area contributed by atoms with Crippen molar-refractivity contribution in [3.8, 4) is 11.5 Å². The van der Waals surface area contributed by atoms with Gasteiger partial charge in [0.25, 0.3) is 0 Å². The maximum absolute atomic E-state index is 12.4. The Labute approximate surface area is 147 Å². The molecule has 5 heteroatoms. The van der Waals surface area contributed by atoms with E-state index < -0.39 is 10.1 Å². The number of ether oxygens (including phenoxy) is 1. The second kappa shape index (κ2) is 7.85. The Kier molecular flexibility index (Phi) is 5.36. The lowest BCUT2D eigenvalue weighted by Crippen LogP contribution is -2.11. The quantitative estimate of drug-likeness (QED) is 0.600. The molecule has 0 heterocycles. The maximum atomic E-state index is 12.4. The molecule has 0 aliphatic carbocycles. The fraction of sp³-hybridized carbons (Fsp3) is 0.100. The van der Waals surface area contributed by atoms with Crippen LogP contribution in [0.2, 0.25) is 0 Å². The van der Waals surface area contributed by atoms with Gasteiger partial charge in [-0.1, -0.05) is 60.7 Å². The molecule has 0 aromatic heterocycles. The number of para-hydroxylation sites is 2. The maximum Gasteiger partial charge on any atom is 0.339 e. The molecule has 0 atom stereocenters. The standard InChI is InChI=1S/C20H18O4S/c21-25(22,18-11-5-2-6-12-18)24-20-14-8-7-13-19(20)23-16-15-17-9-3-1-4-10-17/h1-14H,15-16H2. The van der Waals surface area contributed by atoms with Gasteiger partial charge in [0.05, 0.1) is 6.61 Å². The van der Waals surface area contributed by atoms with Crippen LogP contribution in [0.25, 0.3) is 0 Å². The Bertz CT molecular complexity index is 907. The van der Waals surface area contributed by atoms with Crippen molar-refractivity contribution >= 4 is 10.1 Å². The zero-order valence-corrected chi connectivity index (χ0v) is 14.4. The predicted octanol–water partition coefficient (Wildman–Crippen LogP) is 4.08. The molecule has 3 aromatic rings. The highest BCUT2D eigenvalue weighted by atomic mass is 32.2. The third-order valence-electron chi connectivity index (χ3n) is 3.57.